The molecule has 0 bridgehead atoms. The van der Waals surface area contributed by atoms with Crippen LogP contribution in [-0.2, 0) is 4.79 Å². The fourth-order valence-electron chi connectivity index (χ4n) is 2.34. The normalized spacial score (nSPS) is 15.2. The first-order valence-corrected chi connectivity index (χ1v) is 7.60. The number of aryl methyl sites for hydroxylation is 1. The summed E-state index contributed by atoms with van der Waals surface area (Å²) >= 11 is 9.57. The third-order valence-corrected chi connectivity index (χ3v) is 4.35. The van der Waals surface area contributed by atoms with Crippen molar-refractivity contribution in [3.05, 3.63) is 56.5 Å². The summed E-state index contributed by atoms with van der Waals surface area (Å²) in [7, 11) is 0. The number of halogens is 2. The minimum atomic E-state index is -0.189. The van der Waals surface area contributed by atoms with Crippen molar-refractivity contribution in [1.29, 1.82) is 0 Å². The largest absolute Gasteiger partial charge is 0.320 e. The first-order chi connectivity index (χ1) is 9.97. The zero-order chi connectivity index (χ0) is 15.1. The van der Waals surface area contributed by atoms with Crippen LogP contribution in [0.25, 0.3) is 0 Å². The molecule has 0 aromatic heterocycles. The van der Waals surface area contributed by atoms with Gasteiger partial charge in [0.15, 0.2) is 0 Å². The molecule has 0 aliphatic carbocycles. The highest BCUT2D eigenvalue weighted by molar-refractivity contribution is 9.10. The summed E-state index contributed by atoms with van der Waals surface area (Å²) in [6.45, 7) is 3.85. The Balaban J connectivity index is 2.19. The molecule has 21 heavy (non-hydrogen) atoms. The maximum absolute atomic E-state index is 12.2. The average molecular weight is 364 g/mol. The molecule has 5 heteroatoms. The van der Waals surface area contributed by atoms with Gasteiger partial charge in [-0.3, -0.25) is 4.79 Å². The number of nitrogens with one attached hydrogen (secondary N) is 1. The van der Waals surface area contributed by atoms with E-state index in [0.29, 0.717) is 16.4 Å². The number of carbonyl (C=O) groups excluding carboxylic acids is 1. The molecule has 0 unspecified atom stereocenters. The average Bonchev–Trinajstić information content (AvgIpc) is 2.73. The maximum Gasteiger partial charge on any atom is 0.275 e. The van der Waals surface area contributed by atoms with Crippen molar-refractivity contribution in [2.75, 3.05) is 5.32 Å². The summed E-state index contributed by atoms with van der Waals surface area (Å²) in [5, 5.41) is 3.51. The molecule has 1 heterocycles. The number of anilines is 1. The highest BCUT2D eigenvalue weighted by atomic mass is 79.9. The van der Waals surface area contributed by atoms with Crippen molar-refractivity contribution in [3.8, 4) is 0 Å². The van der Waals surface area contributed by atoms with Gasteiger partial charge in [0, 0.05) is 15.1 Å². The minimum Gasteiger partial charge on any atom is -0.320 e. The second-order valence-electron chi connectivity index (χ2n) is 4.94. The molecule has 2 aromatic rings. The zero-order valence-electron chi connectivity index (χ0n) is 11.5. The number of hydrogen-bond donors (Lipinski definition) is 1. The van der Waals surface area contributed by atoms with Crippen molar-refractivity contribution >= 4 is 50.5 Å². The molecule has 106 valence electrons. The Morgan fingerprint density at radius 3 is 2.76 bits per heavy atom. The molecule has 0 radical (unpaired) electrons. The predicted molar refractivity (Wildman–Crippen MR) is 89.9 cm³/mol. The smallest absolute Gasteiger partial charge is 0.275 e. The van der Waals surface area contributed by atoms with Gasteiger partial charge in [0.2, 0.25) is 0 Å². The van der Waals surface area contributed by atoms with Gasteiger partial charge >= 0.3 is 0 Å². The van der Waals surface area contributed by atoms with Crippen molar-refractivity contribution in [3.63, 3.8) is 0 Å². The van der Waals surface area contributed by atoms with E-state index >= 15 is 0 Å². The van der Waals surface area contributed by atoms with E-state index in [2.05, 4.69) is 26.2 Å². The van der Waals surface area contributed by atoms with E-state index in [-0.39, 0.29) is 5.91 Å². The monoisotopic (exact) mass is 362 g/mol. The van der Waals surface area contributed by atoms with Gasteiger partial charge in [-0.05, 0) is 49.2 Å². The number of aliphatic imine (C=N–C) groups is 1. The van der Waals surface area contributed by atoms with Crippen LogP contribution < -0.4 is 5.32 Å². The first kappa shape index (κ1) is 14.3. The van der Waals surface area contributed by atoms with Crippen LogP contribution in [0.3, 0.4) is 0 Å². The molecular weight excluding hydrogens is 352 g/mol. The Morgan fingerprint density at radius 1 is 1.24 bits per heavy atom. The topological polar surface area (TPSA) is 41.5 Å². The van der Waals surface area contributed by atoms with Crippen LogP contribution in [0.1, 0.15) is 16.7 Å². The molecule has 0 saturated carbocycles. The summed E-state index contributed by atoms with van der Waals surface area (Å²) in [5.41, 5.74) is 4.62. The van der Waals surface area contributed by atoms with Crippen LogP contribution >= 0.6 is 27.5 Å². The zero-order valence-corrected chi connectivity index (χ0v) is 13.8. The van der Waals surface area contributed by atoms with Gasteiger partial charge < -0.3 is 5.32 Å². The summed E-state index contributed by atoms with van der Waals surface area (Å²) in [6.07, 6.45) is 0. The van der Waals surface area contributed by atoms with Gasteiger partial charge in [0.1, 0.15) is 5.71 Å². The minimum absolute atomic E-state index is 0.189. The van der Waals surface area contributed by atoms with Crippen molar-refractivity contribution in [1.82, 2.24) is 0 Å². The summed E-state index contributed by atoms with van der Waals surface area (Å²) < 4.78 is 0.922. The molecule has 1 amide bonds. The number of amides is 1. The molecule has 2 aromatic carbocycles. The molecule has 0 atom stereocenters. The van der Waals surface area contributed by atoms with Crippen molar-refractivity contribution in [2.45, 2.75) is 13.8 Å². The third-order valence-electron chi connectivity index (χ3n) is 3.48. The Bertz CT molecular complexity index is 799. The fraction of sp³-hybridized carbons (Fsp3) is 0.125. The van der Waals surface area contributed by atoms with Crippen molar-refractivity contribution in [2.24, 2.45) is 4.99 Å². The number of nitrogens with zero attached hydrogens (tertiary/aromatic N) is 1. The standard InChI is InChI=1S/C16H12BrClN2O/c1-8-6-10(17)7-11-14(8)20-16(21)15(11)19-13-5-3-4-12(18)9(13)2/h3-7H,1-2H3,(H,19,20,21). The highest BCUT2D eigenvalue weighted by Crippen LogP contribution is 2.33. The van der Waals surface area contributed by atoms with Gasteiger partial charge in [0.05, 0.1) is 11.4 Å². The van der Waals surface area contributed by atoms with Crippen LogP contribution in [0.15, 0.2) is 39.8 Å². The highest BCUT2D eigenvalue weighted by Gasteiger charge is 2.28. The molecule has 0 fully saturated rings. The quantitative estimate of drug-likeness (QED) is 0.777. The van der Waals surface area contributed by atoms with E-state index in [1.165, 1.54) is 0 Å². The fourth-order valence-corrected chi connectivity index (χ4v) is 3.08. The summed E-state index contributed by atoms with van der Waals surface area (Å²) in [5.74, 6) is -0.189. The van der Waals surface area contributed by atoms with Crippen LogP contribution in [-0.4, -0.2) is 11.6 Å². The lowest BCUT2D eigenvalue weighted by atomic mass is 10.1. The Morgan fingerprint density at radius 2 is 2.00 bits per heavy atom. The van der Waals surface area contributed by atoms with Gasteiger partial charge in [-0.15, -0.1) is 0 Å². The van der Waals surface area contributed by atoms with Crippen LogP contribution in [0.4, 0.5) is 11.4 Å². The lowest BCUT2D eigenvalue weighted by Gasteiger charge is -2.05. The number of benzene rings is 2. The Labute approximate surface area is 136 Å². The second-order valence-corrected chi connectivity index (χ2v) is 6.27. The van der Waals surface area contributed by atoms with Crippen LogP contribution in [0.5, 0.6) is 0 Å². The SMILES string of the molecule is Cc1cc(Br)cc2c1NC(=O)C2=Nc1cccc(Cl)c1C. The van der Waals surface area contributed by atoms with E-state index in [0.717, 1.165) is 26.9 Å². The molecule has 0 saturated heterocycles. The maximum atomic E-state index is 12.2. The second kappa shape index (κ2) is 5.28. The Hall–Kier alpha value is -1.65. The summed E-state index contributed by atoms with van der Waals surface area (Å²) in [6, 6.07) is 9.36. The van der Waals surface area contributed by atoms with E-state index in [4.69, 9.17) is 11.6 Å². The van der Waals surface area contributed by atoms with E-state index in [9.17, 15) is 4.79 Å². The molecular formula is C16H12BrClN2O. The third kappa shape index (κ3) is 2.49. The summed E-state index contributed by atoms with van der Waals surface area (Å²) in [4.78, 5) is 16.7. The molecule has 3 rings (SSSR count). The Kier molecular flexibility index (Phi) is 3.59. The number of fused-ring (bicyclic) bond motifs is 1. The van der Waals surface area contributed by atoms with E-state index < -0.39 is 0 Å². The first-order valence-electron chi connectivity index (χ1n) is 6.43. The predicted octanol–water partition coefficient (Wildman–Crippen LogP) is 4.79. The lowest BCUT2D eigenvalue weighted by Crippen LogP contribution is -2.14. The molecule has 3 nitrogen and oxygen atoms in total. The lowest BCUT2D eigenvalue weighted by molar-refractivity contribution is -0.110. The van der Waals surface area contributed by atoms with Gasteiger partial charge in [-0.2, -0.15) is 0 Å². The number of rotatable bonds is 1. The van der Waals surface area contributed by atoms with Crippen molar-refractivity contribution < 1.29 is 4.79 Å². The van der Waals surface area contributed by atoms with Gasteiger partial charge in [0.25, 0.3) is 5.91 Å². The molecule has 1 aliphatic rings. The van der Waals surface area contributed by atoms with Crippen LogP contribution in [0.2, 0.25) is 5.02 Å². The van der Waals surface area contributed by atoms with Gasteiger partial charge in [-0.25, -0.2) is 4.99 Å². The van der Waals surface area contributed by atoms with Crippen LogP contribution in [0, 0.1) is 13.8 Å². The van der Waals surface area contributed by atoms with Gasteiger partial charge in [-0.1, -0.05) is 33.6 Å². The van der Waals surface area contributed by atoms with E-state index in [1.54, 1.807) is 0 Å². The molecule has 1 aliphatic heterocycles. The number of carbonyl (C=O) groups is 1. The van der Waals surface area contributed by atoms with E-state index in [1.807, 2.05) is 44.2 Å². The molecule has 0 spiro atoms. The number of hydrogen-bond acceptors (Lipinski definition) is 2. The molecule has 1 N–H and O–H groups in total.